The largest absolute Gasteiger partial charge is 0.338 e. The van der Waals surface area contributed by atoms with Gasteiger partial charge in [0, 0.05) is 31.6 Å². The molecule has 1 fully saturated rings. The lowest BCUT2D eigenvalue weighted by atomic mass is 10.1. The van der Waals surface area contributed by atoms with Gasteiger partial charge in [-0.05, 0) is 23.6 Å². The number of hydrogen-bond donors (Lipinski definition) is 1. The molecule has 4 heteroatoms. The van der Waals surface area contributed by atoms with Crippen LogP contribution in [0.1, 0.15) is 24.5 Å². The molecule has 1 heterocycles. The van der Waals surface area contributed by atoms with Gasteiger partial charge >= 0.3 is 0 Å². The third-order valence-electron chi connectivity index (χ3n) is 3.11. The van der Waals surface area contributed by atoms with E-state index in [4.69, 9.17) is 5.73 Å². The molecule has 0 saturated carbocycles. The first-order valence-corrected chi connectivity index (χ1v) is 5.85. The molecule has 92 valence electrons. The number of benzene rings is 1. The summed E-state index contributed by atoms with van der Waals surface area (Å²) in [5.41, 5.74) is 6.96. The zero-order valence-corrected chi connectivity index (χ0v) is 9.95. The molecule has 1 aliphatic heterocycles. The Morgan fingerprint density at radius 1 is 1.53 bits per heavy atom. The van der Waals surface area contributed by atoms with Crippen LogP contribution in [0.2, 0.25) is 0 Å². The highest BCUT2D eigenvalue weighted by atomic mass is 19.1. The van der Waals surface area contributed by atoms with Crippen LogP contribution in [0.25, 0.3) is 0 Å². The number of likely N-dealkylation sites (tertiary alicyclic amines) is 1. The van der Waals surface area contributed by atoms with Gasteiger partial charge in [0.2, 0.25) is 5.91 Å². The highest BCUT2D eigenvalue weighted by Crippen LogP contribution is 2.21. The highest BCUT2D eigenvalue weighted by molar-refractivity contribution is 5.78. The van der Waals surface area contributed by atoms with Crippen molar-refractivity contribution in [1.82, 2.24) is 4.90 Å². The molecule has 2 N–H and O–H groups in total. The standard InChI is InChI=1S/C13H17FN2O/c1-9-4-13(17)16(7-9)8-11-5-10(6-15)2-3-12(11)14/h2-3,5,9H,4,6-8,15H2,1H3. The summed E-state index contributed by atoms with van der Waals surface area (Å²) < 4.78 is 13.6. The lowest BCUT2D eigenvalue weighted by molar-refractivity contribution is -0.128. The summed E-state index contributed by atoms with van der Waals surface area (Å²) in [5.74, 6) is 0.202. The van der Waals surface area contributed by atoms with Crippen LogP contribution in [0.15, 0.2) is 18.2 Å². The van der Waals surface area contributed by atoms with Crippen molar-refractivity contribution in [2.45, 2.75) is 26.4 Å². The molecule has 1 unspecified atom stereocenters. The quantitative estimate of drug-likeness (QED) is 0.867. The molecule has 2 rings (SSSR count). The van der Waals surface area contributed by atoms with Gasteiger partial charge in [0.1, 0.15) is 5.82 Å². The van der Waals surface area contributed by atoms with E-state index in [1.165, 1.54) is 6.07 Å². The Morgan fingerprint density at radius 3 is 2.88 bits per heavy atom. The topological polar surface area (TPSA) is 46.3 Å². The molecule has 17 heavy (non-hydrogen) atoms. The van der Waals surface area contributed by atoms with Crippen molar-refractivity contribution in [1.29, 1.82) is 0 Å². The van der Waals surface area contributed by atoms with E-state index in [-0.39, 0.29) is 11.7 Å². The van der Waals surface area contributed by atoms with Crippen LogP contribution in [-0.2, 0) is 17.9 Å². The van der Waals surface area contributed by atoms with Gasteiger partial charge in [0.15, 0.2) is 0 Å². The minimum atomic E-state index is -0.269. The van der Waals surface area contributed by atoms with E-state index in [0.29, 0.717) is 37.5 Å². The summed E-state index contributed by atoms with van der Waals surface area (Å²) >= 11 is 0. The number of rotatable bonds is 3. The molecule has 0 aromatic heterocycles. The van der Waals surface area contributed by atoms with E-state index in [1.807, 2.05) is 6.92 Å². The minimum Gasteiger partial charge on any atom is -0.338 e. The maximum Gasteiger partial charge on any atom is 0.223 e. The molecule has 0 aliphatic carbocycles. The van der Waals surface area contributed by atoms with Crippen LogP contribution in [0.3, 0.4) is 0 Å². The fourth-order valence-corrected chi connectivity index (χ4v) is 2.20. The van der Waals surface area contributed by atoms with Crippen molar-refractivity contribution < 1.29 is 9.18 Å². The van der Waals surface area contributed by atoms with Crippen molar-refractivity contribution in [3.8, 4) is 0 Å². The smallest absolute Gasteiger partial charge is 0.223 e. The monoisotopic (exact) mass is 236 g/mol. The predicted octanol–water partition coefficient (Wildman–Crippen LogP) is 1.65. The first-order valence-electron chi connectivity index (χ1n) is 5.85. The number of carbonyl (C=O) groups is 1. The van der Waals surface area contributed by atoms with E-state index in [0.717, 1.165) is 5.56 Å². The summed E-state index contributed by atoms with van der Waals surface area (Å²) in [6.45, 7) is 3.48. The third kappa shape index (κ3) is 2.64. The number of amides is 1. The Balaban J connectivity index is 2.15. The molecule has 0 radical (unpaired) electrons. The van der Waals surface area contributed by atoms with Gasteiger partial charge in [-0.25, -0.2) is 4.39 Å². The van der Waals surface area contributed by atoms with Gasteiger partial charge in [0.05, 0.1) is 0 Å². The molecule has 1 aliphatic rings. The van der Waals surface area contributed by atoms with Crippen molar-refractivity contribution in [2.24, 2.45) is 11.7 Å². The van der Waals surface area contributed by atoms with Crippen LogP contribution in [0.4, 0.5) is 4.39 Å². The first-order chi connectivity index (χ1) is 8.10. The zero-order valence-electron chi connectivity index (χ0n) is 9.95. The maximum atomic E-state index is 13.6. The number of halogens is 1. The maximum absolute atomic E-state index is 13.6. The molecule has 1 atom stereocenters. The van der Waals surface area contributed by atoms with E-state index in [1.54, 1.807) is 17.0 Å². The molecule has 0 spiro atoms. The molecule has 0 bridgehead atoms. The van der Waals surface area contributed by atoms with Crippen LogP contribution in [0, 0.1) is 11.7 Å². The van der Waals surface area contributed by atoms with Gasteiger partial charge in [-0.15, -0.1) is 0 Å². The summed E-state index contributed by atoms with van der Waals surface area (Å²) in [7, 11) is 0. The Morgan fingerprint density at radius 2 is 2.29 bits per heavy atom. The van der Waals surface area contributed by atoms with Gasteiger partial charge in [-0.2, -0.15) is 0 Å². The average molecular weight is 236 g/mol. The van der Waals surface area contributed by atoms with Crippen LogP contribution < -0.4 is 5.73 Å². The van der Waals surface area contributed by atoms with Crippen molar-refractivity contribution in [3.05, 3.63) is 35.1 Å². The Bertz CT molecular complexity index is 433. The molecular formula is C13H17FN2O. The minimum absolute atomic E-state index is 0.107. The first kappa shape index (κ1) is 12.0. The number of carbonyl (C=O) groups excluding carboxylic acids is 1. The number of nitrogens with two attached hydrogens (primary N) is 1. The Hall–Kier alpha value is -1.42. The van der Waals surface area contributed by atoms with Crippen LogP contribution >= 0.6 is 0 Å². The van der Waals surface area contributed by atoms with Crippen LogP contribution in [-0.4, -0.2) is 17.4 Å². The van der Waals surface area contributed by atoms with Gasteiger partial charge < -0.3 is 10.6 Å². The normalized spacial score (nSPS) is 20.1. The second-order valence-electron chi connectivity index (χ2n) is 4.71. The van der Waals surface area contributed by atoms with Crippen LogP contribution in [0.5, 0.6) is 0 Å². The van der Waals surface area contributed by atoms with Gasteiger partial charge in [-0.3, -0.25) is 4.79 Å². The number of hydrogen-bond acceptors (Lipinski definition) is 2. The summed E-state index contributed by atoms with van der Waals surface area (Å²) in [6.07, 6.45) is 0.568. The molecule has 1 aromatic rings. The fraction of sp³-hybridized carbons (Fsp3) is 0.462. The highest BCUT2D eigenvalue weighted by Gasteiger charge is 2.26. The van der Waals surface area contributed by atoms with E-state index in [9.17, 15) is 9.18 Å². The second-order valence-corrected chi connectivity index (χ2v) is 4.71. The number of nitrogens with zero attached hydrogens (tertiary/aromatic N) is 1. The molecule has 3 nitrogen and oxygen atoms in total. The molecule has 1 aromatic carbocycles. The molecule has 1 amide bonds. The predicted molar refractivity (Wildman–Crippen MR) is 63.5 cm³/mol. The Labute approximate surface area is 100 Å². The Kier molecular flexibility index (Phi) is 3.43. The van der Waals surface area contributed by atoms with Gasteiger partial charge in [0.25, 0.3) is 0 Å². The molecule has 1 saturated heterocycles. The molecular weight excluding hydrogens is 219 g/mol. The van der Waals surface area contributed by atoms with Gasteiger partial charge in [-0.1, -0.05) is 13.0 Å². The zero-order chi connectivity index (χ0) is 12.4. The van der Waals surface area contributed by atoms with E-state index < -0.39 is 0 Å². The summed E-state index contributed by atoms with van der Waals surface area (Å²) in [4.78, 5) is 13.3. The van der Waals surface area contributed by atoms with E-state index in [2.05, 4.69) is 0 Å². The van der Waals surface area contributed by atoms with E-state index >= 15 is 0 Å². The van der Waals surface area contributed by atoms with Crippen molar-refractivity contribution in [3.63, 3.8) is 0 Å². The third-order valence-corrected chi connectivity index (χ3v) is 3.11. The lowest BCUT2D eigenvalue weighted by Crippen LogP contribution is -2.25. The summed E-state index contributed by atoms with van der Waals surface area (Å²) in [6, 6.07) is 4.83. The second kappa shape index (κ2) is 4.84. The fourth-order valence-electron chi connectivity index (χ4n) is 2.20. The summed E-state index contributed by atoms with van der Waals surface area (Å²) in [5, 5.41) is 0. The van der Waals surface area contributed by atoms with Crippen molar-refractivity contribution in [2.75, 3.05) is 6.54 Å². The lowest BCUT2D eigenvalue weighted by Gasteiger charge is -2.17. The van der Waals surface area contributed by atoms with Crippen molar-refractivity contribution >= 4 is 5.91 Å². The average Bonchev–Trinajstić information content (AvgIpc) is 2.60. The SMILES string of the molecule is CC1CC(=O)N(Cc2cc(CN)ccc2F)C1.